The molecule has 0 radical (unpaired) electrons. The molecule has 2 unspecified atom stereocenters. The Hall–Kier alpha value is -2.11. The van der Waals surface area contributed by atoms with Gasteiger partial charge in [0.25, 0.3) is 0 Å². The van der Waals surface area contributed by atoms with Crippen LogP contribution in [0.2, 0.25) is 0 Å². The SMILES string of the molecule is CC(C)(C)OC(=O)Nc1ccc([C@H]2C[C@]3(C)C(O)CC[C@H]3[C@@H]3CCC4=CC(O)CCC4=C32)cc1. The Kier molecular flexibility index (Phi) is 5.92. The molecular formula is C29H39NO4. The number of benzene rings is 1. The molecule has 1 amide bonds. The van der Waals surface area contributed by atoms with Crippen LogP contribution in [0.4, 0.5) is 10.5 Å². The third kappa shape index (κ3) is 4.22. The lowest BCUT2D eigenvalue weighted by Crippen LogP contribution is -2.45. The van der Waals surface area contributed by atoms with Crippen LogP contribution in [-0.2, 0) is 4.74 Å². The van der Waals surface area contributed by atoms with Crippen molar-refractivity contribution in [2.45, 2.75) is 96.4 Å². The number of nitrogens with one attached hydrogen (secondary N) is 1. The van der Waals surface area contributed by atoms with Crippen LogP contribution in [0, 0.1) is 17.3 Å². The summed E-state index contributed by atoms with van der Waals surface area (Å²) in [7, 11) is 0. The van der Waals surface area contributed by atoms with Crippen molar-refractivity contribution in [1.82, 2.24) is 0 Å². The Labute approximate surface area is 203 Å². The third-order valence-electron chi connectivity index (χ3n) is 8.77. The molecule has 0 aliphatic heterocycles. The molecule has 0 saturated heterocycles. The summed E-state index contributed by atoms with van der Waals surface area (Å²) in [5.74, 6) is 1.29. The summed E-state index contributed by atoms with van der Waals surface area (Å²) < 4.78 is 5.39. The van der Waals surface area contributed by atoms with Crippen LogP contribution < -0.4 is 5.32 Å². The number of carbonyl (C=O) groups is 1. The summed E-state index contributed by atoms with van der Waals surface area (Å²) >= 11 is 0. The minimum Gasteiger partial charge on any atom is -0.444 e. The highest BCUT2D eigenvalue weighted by Crippen LogP contribution is 2.63. The van der Waals surface area contributed by atoms with Gasteiger partial charge in [-0.25, -0.2) is 4.79 Å². The number of carbonyl (C=O) groups excluding carboxylic acids is 1. The molecule has 5 rings (SSSR count). The lowest BCUT2D eigenvalue weighted by molar-refractivity contribution is -0.00311. The van der Waals surface area contributed by atoms with Crippen LogP contribution >= 0.6 is 0 Å². The number of rotatable bonds is 2. The number of anilines is 1. The van der Waals surface area contributed by atoms with E-state index in [-0.39, 0.29) is 23.5 Å². The van der Waals surface area contributed by atoms with E-state index < -0.39 is 11.7 Å². The topological polar surface area (TPSA) is 78.8 Å². The van der Waals surface area contributed by atoms with Crippen molar-refractivity contribution in [1.29, 1.82) is 0 Å². The Morgan fingerprint density at radius 1 is 1.06 bits per heavy atom. The molecule has 3 N–H and O–H groups in total. The maximum atomic E-state index is 12.2. The first-order valence-corrected chi connectivity index (χ1v) is 13.0. The first-order chi connectivity index (χ1) is 16.0. The maximum absolute atomic E-state index is 12.2. The van der Waals surface area contributed by atoms with Crippen molar-refractivity contribution in [3.05, 3.63) is 52.6 Å². The average molecular weight is 466 g/mol. The Morgan fingerprint density at radius 3 is 2.50 bits per heavy atom. The normalized spacial score (nSPS) is 35.1. The van der Waals surface area contributed by atoms with Gasteiger partial charge in [0.2, 0.25) is 0 Å². The van der Waals surface area contributed by atoms with Gasteiger partial charge in [0.15, 0.2) is 0 Å². The maximum Gasteiger partial charge on any atom is 0.412 e. The summed E-state index contributed by atoms with van der Waals surface area (Å²) in [6.07, 6.45) is 7.90. The zero-order chi connectivity index (χ0) is 24.3. The fourth-order valence-electron chi connectivity index (χ4n) is 7.27. The second-order valence-corrected chi connectivity index (χ2v) is 12.1. The van der Waals surface area contributed by atoms with E-state index in [9.17, 15) is 15.0 Å². The highest BCUT2D eigenvalue weighted by atomic mass is 16.6. The second kappa shape index (κ2) is 8.53. The molecule has 1 aromatic rings. The predicted molar refractivity (Wildman–Crippen MR) is 134 cm³/mol. The number of hydrogen-bond donors (Lipinski definition) is 3. The molecule has 5 heteroatoms. The molecule has 0 heterocycles. The van der Waals surface area contributed by atoms with Crippen LogP contribution in [0.3, 0.4) is 0 Å². The lowest BCUT2D eigenvalue weighted by atomic mass is 9.53. The molecule has 2 fully saturated rings. The number of fused-ring (bicyclic) bond motifs is 4. The molecule has 34 heavy (non-hydrogen) atoms. The van der Waals surface area contributed by atoms with Gasteiger partial charge in [-0.3, -0.25) is 5.32 Å². The van der Waals surface area contributed by atoms with E-state index in [0.717, 1.165) is 50.6 Å². The first kappa shape index (κ1) is 23.6. The number of aliphatic hydroxyl groups is 2. The molecule has 0 aromatic heterocycles. The quantitative estimate of drug-likeness (QED) is 0.494. The van der Waals surface area contributed by atoms with Gasteiger partial charge in [-0.15, -0.1) is 0 Å². The zero-order valence-electron chi connectivity index (χ0n) is 20.9. The Bertz CT molecular complexity index is 1020. The lowest BCUT2D eigenvalue weighted by Gasteiger charge is -2.52. The van der Waals surface area contributed by atoms with E-state index in [2.05, 4.69) is 30.4 Å². The first-order valence-electron chi connectivity index (χ1n) is 13.0. The van der Waals surface area contributed by atoms with Crippen LogP contribution in [0.15, 0.2) is 47.1 Å². The van der Waals surface area contributed by atoms with E-state index in [1.807, 2.05) is 32.9 Å². The highest BCUT2D eigenvalue weighted by molar-refractivity contribution is 5.84. The van der Waals surface area contributed by atoms with E-state index in [4.69, 9.17) is 4.74 Å². The third-order valence-corrected chi connectivity index (χ3v) is 8.77. The molecular weight excluding hydrogens is 426 g/mol. The van der Waals surface area contributed by atoms with E-state index >= 15 is 0 Å². The van der Waals surface area contributed by atoms with Crippen molar-refractivity contribution < 1.29 is 19.7 Å². The van der Waals surface area contributed by atoms with Crippen molar-refractivity contribution >= 4 is 11.8 Å². The average Bonchev–Trinajstić information content (AvgIpc) is 3.06. The summed E-state index contributed by atoms with van der Waals surface area (Å²) in [5, 5.41) is 24.1. The molecule has 2 saturated carbocycles. The van der Waals surface area contributed by atoms with Gasteiger partial charge >= 0.3 is 6.09 Å². The van der Waals surface area contributed by atoms with Crippen molar-refractivity contribution in [3.63, 3.8) is 0 Å². The van der Waals surface area contributed by atoms with Gasteiger partial charge in [0.1, 0.15) is 5.60 Å². The fourth-order valence-corrected chi connectivity index (χ4v) is 7.27. The van der Waals surface area contributed by atoms with Gasteiger partial charge < -0.3 is 14.9 Å². The van der Waals surface area contributed by atoms with Gasteiger partial charge in [0.05, 0.1) is 12.2 Å². The predicted octanol–water partition coefficient (Wildman–Crippen LogP) is 6.09. The van der Waals surface area contributed by atoms with E-state index in [0.29, 0.717) is 11.8 Å². The van der Waals surface area contributed by atoms with Crippen molar-refractivity contribution in [3.8, 4) is 0 Å². The van der Waals surface area contributed by atoms with Gasteiger partial charge in [0, 0.05) is 11.6 Å². The molecule has 0 spiro atoms. The minimum absolute atomic E-state index is 0.0672. The fraction of sp³-hybridized carbons (Fsp3) is 0.621. The molecule has 4 aliphatic rings. The molecule has 4 aliphatic carbocycles. The van der Waals surface area contributed by atoms with Crippen LogP contribution in [0.1, 0.15) is 84.1 Å². The summed E-state index contributed by atoms with van der Waals surface area (Å²) in [5.41, 5.74) is 5.75. The van der Waals surface area contributed by atoms with Gasteiger partial charge in [-0.2, -0.15) is 0 Å². The number of aliphatic hydroxyl groups excluding tert-OH is 2. The van der Waals surface area contributed by atoms with E-state index in [1.165, 1.54) is 16.7 Å². The Balaban J connectivity index is 1.49. The van der Waals surface area contributed by atoms with Gasteiger partial charge in [-0.1, -0.05) is 30.7 Å². The molecule has 5 nitrogen and oxygen atoms in total. The summed E-state index contributed by atoms with van der Waals surface area (Å²) in [6.45, 7) is 7.86. The molecule has 6 atom stereocenters. The van der Waals surface area contributed by atoms with Crippen molar-refractivity contribution in [2.24, 2.45) is 17.3 Å². The number of amides is 1. The van der Waals surface area contributed by atoms with Crippen LogP contribution in [0.5, 0.6) is 0 Å². The largest absolute Gasteiger partial charge is 0.444 e. The standard InChI is InChI=1S/C29H39NO4/c1-28(2,3)34-27(33)30-19-8-5-17(6-9-19)23-16-29(4)24(13-14-25(29)32)22-11-7-18-15-20(31)10-12-21(18)26(22)23/h5-6,8-9,15,20,22-25,31-32H,7,10-14,16H2,1-4H3,(H,30,33)/t20?,22-,23+,24-,25?,29-/m0/s1. The van der Waals surface area contributed by atoms with Crippen LogP contribution in [0.25, 0.3) is 0 Å². The summed E-state index contributed by atoms with van der Waals surface area (Å²) in [4.78, 5) is 12.2. The van der Waals surface area contributed by atoms with Gasteiger partial charge in [-0.05, 0) is 112 Å². The monoisotopic (exact) mass is 465 g/mol. The number of hydrogen-bond acceptors (Lipinski definition) is 4. The molecule has 0 bridgehead atoms. The summed E-state index contributed by atoms with van der Waals surface area (Å²) in [6, 6.07) is 8.18. The van der Waals surface area contributed by atoms with E-state index in [1.54, 1.807) is 5.57 Å². The smallest absolute Gasteiger partial charge is 0.412 e. The minimum atomic E-state index is -0.539. The number of ether oxygens (including phenoxy) is 1. The number of allylic oxidation sites excluding steroid dienone is 3. The molecule has 184 valence electrons. The zero-order valence-corrected chi connectivity index (χ0v) is 20.9. The highest BCUT2D eigenvalue weighted by Gasteiger charge is 2.56. The molecule has 1 aromatic carbocycles. The van der Waals surface area contributed by atoms with Crippen molar-refractivity contribution in [2.75, 3.05) is 5.32 Å². The Morgan fingerprint density at radius 2 is 1.79 bits per heavy atom. The second-order valence-electron chi connectivity index (χ2n) is 12.1. The van der Waals surface area contributed by atoms with Crippen LogP contribution in [-0.4, -0.2) is 34.1 Å².